The molecule has 0 saturated heterocycles. The molecule has 0 spiro atoms. The fourth-order valence-corrected chi connectivity index (χ4v) is 2.53. The third-order valence-corrected chi connectivity index (χ3v) is 3.81. The molecule has 2 aromatic heterocycles. The van der Waals surface area contributed by atoms with Gasteiger partial charge in [-0.25, -0.2) is 4.79 Å². The van der Waals surface area contributed by atoms with Crippen molar-refractivity contribution >= 4 is 34.2 Å². The third-order valence-electron chi connectivity index (χ3n) is 3.81. The molecule has 0 unspecified atom stereocenters. The van der Waals surface area contributed by atoms with Gasteiger partial charge >= 0.3 is 6.03 Å². The van der Waals surface area contributed by atoms with Crippen LogP contribution in [0, 0.1) is 0 Å². The molecule has 8 nitrogen and oxygen atoms in total. The molecule has 2 heterocycles. The SMILES string of the molecule is NCCCNC(=O)c1cncc(NC(=O)Nc2cccc3cccnc23)c1. The Hall–Kier alpha value is -3.52. The fraction of sp³-hybridized carbons (Fsp3) is 0.158. The second kappa shape index (κ2) is 8.72. The van der Waals surface area contributed by atoms with Gasteiger partial charge in [0.1, 0.15) is 0 Å². The second-order valence-electron chi connectivity index (χ2n) is 5.82. The summed E-state index contributed by atoms with van der Waals surface area (Å²) in [5, 5.41) is 9.12. The van der Waals surface area contributed by atoms with E-state index in [9.17, 15) is 9.59 Å². The van der Waals surface area contributed by atoms with Crippen molar-refractivity contribution < 1.29 is 9.59 Å². The van der Waals surface area contributed by atoms with Crippen LogP contribution in [0.3, 0.4) is 0 Å². The van der Waals surface area contributed by atoms with Crippen LogP contribution in [-0.4, -0.2) is 35.0 Å². The van der Waals surface area contributed by atoms with Crippen molar-refractivity contribution in [2.45, 2.75) is 6.42 Å². The van der Waals surface area contributed by atoms with Crippen LogP contribution in [0.15, 0.2) is 55.0 Å². The standard InChI is InChI=1S/C19H20N6O2/c20-7-3-9-23-18(26)14-10-15(12-21-11-14)24-19(27)25-16-6-1-4-13-5-2-8-22-17(13)16/h1-2,4-6,8,10-12H,3,7,9,20H2,(H,23,26)(H2,24,25,27). The molecule has 3 amide bonds. The van der Waals surface area contributed by atoms with Gasteiger partial charge in [-0.3, -0.25) is 14.8 Å². The number of nitrogens with zero attached hydrogens (tertiary/aromatic N) is 2. The number of pyridine rings is 2. The molecule has 5 N–H and O–H groups in total. The molecule has 138 valence electrons. The van der Waals surface area contributed by atoms with Gasteiger partial charge in [0.2, 0.25) is 0 Å². The van der Waals surface area contributed by atoms with Crippen LogP contribution in [0.25, 0.3) is 10.9 Å². The molecule has 8 heteroatoms. The molecule has 27 heavy (non-hydrogen) atoms. The first-order valence-corrected chi connectivity index (χ1v) is 8.52. The van der Waals surface area contributed by atoms with Gasteiger partial charge in [0, 0.05) is 24.3 Å². The van der Waals surface area contributed by atoms with E-state index in [1.54, 1.807) is 18.3 Å². The normalized spacial score (nSPS) is 10.4. The number of urea groups is 1. The number of carbonyl (C=O) groups excluding carboxylic acids is 2. The molecule has 1 aromatic carbocycles. The van der Waals surface area contributed by atoms with E-state index in [0.29, 0.717) is 42.0 Å². The van der Waals surface area contributed by atoms with E-state index in [-0.39, 0.29) is 5.91 Å². The Morgan fingerprint density at radius 3 is 2.78 bits per heavy atom. The minimum atomic E-state index is -0.448. The first-order chi connectivity index (χ1) is 13.2. The summed E-state index contributed by atoms with van der Waals surface area (Å²) >= 11 is 0. The van der Waals surface area contributed by atoms with Crippen LogP contribution in [0.1, 0.15) is 16.8 Å². The van der Waals surface area contributed by atoms with Gasteiger partial charge in [-0.05, 0) is 31.2 Å². The summed E-state index contributed by atoms with van der Waals surface area (Å²) in [7, 11) is 0. The minimum Gasteiger partial charge on any atom is -0.352 e. The van der Waals surface area contributed by atoms with Gasteiger partial charge in [-0.1, -0.05) is 18.2 Å². The summed E-state index contributed by atoms with van der Waals surface area (Å²) in [4.78, 5) is 32.7. The fourth-order valence-electron chi connectivity index (χ4n) is 2.53. The highest BCUT2D eigenvalue weighted by molar-refractivity contribution is 6.05. The number of fused-ring (bicyclic) bond motifs is 1. The van der Waals surface area contributed by atoms with Gasteiger partial charge in [0.25, 0.3) is 5.91 Å². The van der Waals surface area contributed by atoms with Crippen molar-refractivity contribution in [1.82, 2.24) is 15.3 Å². The number of nitrogens with one attached hydrogen (secondary N) is 3. The van der Waals surface area contributed by atoms with E-state index >= 15 is 0 Å². The predicted octanol–water partition coefficient (Wildman–Crippen LogP) is 2.35. The molecular weight excluding hydrogens is 344 g/mol. The summed E-state index contributed by atoms with van der Waals surface area (Å²) in [6.45, 7) is 0.991. The van der Waals surface area contributed by atoms with E-state index in [2.05, 4.69) is 25.9 Å². The average molecular weight is 364 g/mol. The number of para-hydroxylation sites is 1. The Morgan fingerprint density at radius 2 is 1.93 bits per heavy atom. The Labute approximate surface area is 156 Å². The molecule has 0 saturated carbocycles. The minimum absolute atomic E-state index is 0.265. The lowest BCUT2D eigenvalue weighted by atomic mass is 10.2. The lowest BCUT2D eigenvalue weighted by molar-refractivity contribution is 0.0953. The highest BCUT2D eigenvalue weighted by Crippen LogP contribution is 2.20. The zero-order valence-corrected chi connectivity index (χ0v) is 14.6. The molecule has 0 fully saturated rings. The molecule has 3 aromatic rings. The third kappa shape index (κ3) is 4.77. The molecule has 0 radical (unpaired) electrons. The van der Waals surface area contributed by atoms with E-state index in [4.69, 9.17) is 5.73 Å². The average Bonchev–Trinajstić information content (AvgIpc) is 2.68. The van der Waals surface area contributed by atoms with Gasteiger partial charge in [0.05, 0.1) is 28.7 Å². The predicted molar refractivity (Wildman–Crippen MR) is 105 cm³/mol. The second-order valence-corrected chi connectivity index (χ2v) is 5.82. The van der Waals surface area contributed by atoms with Crippen LogP contribution >= 0.6 is 0 Å². The summed E-state index contributed by atoms with van der Waals surface area (Å²) < 4.78 is 0. The molecule has 0 bridgehead atoms. The number of carbonyl (C=O) groups is 2. The zero-order valence-electron chi connectivity index (χ0n) is 14.6. The molecule has 0 atom stereocenters. The largest absolute Gasteiger partial charge is 0.352 e. The van der Waals surface area contributed by atoms with Crippen LogP contribution in [0.2, 0.25) is 0 Å². The Bertz CT molecular complexity index is 954. The molecule has 0 aliphatic carbocycles. The lowest BCUT2D eigenvalue weighted by Gasteiger charge is -2.10. The maximum atomic E-state index is 12.3. The van der Waals surface area contributed by atoms with E-state index in [1.165, 1.54) is 12.4 Å². The summed E-state index contributed by atoms with van der Waals surface area (Å²) in [6.07, 6.45) is 5.27. The molecule has 3 rings (SSSR count). The monoisotopic (exact) mass is 364 g/mol. The van der Waals surface area contributed by atoms with Crippen molar-refractivity contribution in [3.63, 3.8) is 0 Å². The van der Waals surface area contributed by atoms with Crippen molar-refractivity contribution in [3.8, 4) is 0 Å². The number of hydrogen-bond acceptors (Lipinski definition) is 5. The lowest BCUT2D eigenvalue weighted by Crippen LogP contribution is -2.26. The number of aromatic nitrogens is 2. The van der Waals surface area contributed by atoms with Crippen molar-refractivity contribution in [2.75, 3.05) is 23.7 Å². The van der Waals surface area contributed by atoms with Crippen LogP contribution < -0.4 is 21.7 Å². The number of nitrogens with two attached hydrogens (primary N) is 1. The number of hydrogen-bond donors (Lipinski definition) is 4. The number of rotatable bonds is 6. The first-order valence-electron chi connectivity index (χ1n) is 8.52. The zero-order chi connectivity index (χ0) is 19.1. The Morgan fingerprint density at radius 1 is 1.07 bits per heavy atom. The molecule has 0 aliphatic heterocycles. The summed E-state index contributed by atoms with van der Waals surface area (Å²) in [6, 6.07) is 10.4. The van der Waals surface area contributed by atoms with Crippen molar-refractivity contribution in [2.24, 2.45) is 5.73 Å². The Balaban J connectivity index is 1.67. The number of anilines is 2. The highest BCUT2D eigenvalue weighted by Gasteiger charge is 2.10. The summed E-state index contributed by atoms with van der Waals surface area (Å²) in [5.74, 6) is -0.265. The van der Waals surface area contributed by atoms with Gasteiger partial charge in [-0.15, -0.1) is 0 Å². The van der Waals surface area contributed by atoms with Crippen molar-refractivity contribution in [3.05, 3.63) is 60.6 Å². The number of amides is 3. The van der Waals surface area contributed by atoms with Crippen LogP contribution in [0.5, 0.6) is 0 Å². The van der Waals surface area contributed by atoms with Gasteiger partial charge < -0.3 is 21.7 Å². The van der Waals surface area contributed by atoms with E-state index in [0.717, 1.165) is 5.39 Å². The van der Waals surface area contributed by atoms with Gasteiger partial charge in [-0.2, -0.15) is 0 Å². The maximum absolute atomic E-state index is 12.3. The number of benzene rings is 1. The topological polar surface area (TPSA) is 122 Å². The Kier molecular flexibility index (Phi) is 5.91. The van der Waals surface area contributed by atoms with Crippen LogP contribution in [-0.2, 0) is 0 Å². The smallest absolute Gasteiger partial charge is 0.323 e. The van der Waals surface area contributed by atoms with Crippen molar-refractivity contribution in [1.29, 1.82) is 0 Å². The van der Waals surface area contributed by atoms with Gasteiger partial charge in [0.15, 0.2) is 0 Å². The van der Waals surface area contributed by atoms with E-state index < -0.39 is 6.03 Å². The summed E-state index contributed by atoms with van der Waals surface area (Å²) in [5.41, 5.74) is 7.46. The van der Waals surface area contributed by atoms with Crippen LogP contribution in [0.4, 0.5) is 16.2 Å². The molecular formula is C19H20N6O2. The highest BCUT2D eigenvalue weighted by atomic mass is 16.2. The maximum Gasteiger partial charge on any atom is 0.323 e. The molecule has 0 aliphatic rings. The first kappa shape index (κ1) is 18.3. The van der Waals surface area contributed by atoms with E-state index in [1.807, 2.05) is 24.3 Å². The quantitative estimate of drug-likeness (QED) is 0.500.